The Morgan fingerprint density at radius 1 is 1.05 bits per heavy atom. The van der Waals surface area contributed by atoms with E-state index in [1.54, 1.807) is 6.92 Å². The molecule has 1 atom stereocenters. The molecule has 21 heavy (non-hydrogen) atoms. The third-order valence-electron chi connectivity index (χ3n) is 3.57. The van der Waals surface area contributed by atoms with Gasteiger partial charge in [-0.1, -0.05) is 34.1 Å². The van der Waals surface area contributed by atoms with Gasteiger partial charge in [-0.25, -0.2) is 14.2 Å². The molecule has 5 heteroatoms. The summed E-state index contributed by atoms with van der Waals surface area (Å²) >= 11 is 3.48. The lowest BCUT2D eigenvalue weighted by atomic mass is 9.94. The molecule has 2 aromatic rings. The highest BCUT2D eigenvalue weighted by Crippen LogP contribution is 2.31. The van der Waals surface area contributed by atoms with Crippen molar-refractivity contribution in [3.05, 3.63) is 68.2 Å². The van der Waals surface area contributed by atoms with E-state index in [-0.39, 0.29) is 5.56 Å². The van der Waals surface area contributed by atoms with Crippen LogP contribution in [-0.2, 0) is 0 Å². The number of benzene rings is 2. The molecule has 0 radical (unpaired) electrons. The Labute approximate surface area is 131 Å². The van der Waals surface area contributed by atoms with Crippen molar-refractivity contribution < 1.29 is 8.78 Å². The Morgan fingerprint density at radius 3 is 2.14 bits per heavy atom. The van der Waals surface area contributed by atoms with Crippen LogP contribution in [0.15, 0.2) is 28.7 Å². The highest BCUT2D eigenvalue weighted by atomic mass is 79.9. The number of hydrogen-bond donors (Lipinski definition) is 2. The molecule has 0 aliphatic rings. The molecule has 0 amide bonds. The van der Waals surface area contributed by atoms with E-state index in [9.17, 15) is 8.78 Å². The van der Waals surface area contributed by atoms with Crippen LogP contribution in [0, 0.1) is 32.4 Å². The summed E-state index contributed by atoms with van der Waals surface area (Å²) in [5.41, 5.74) is 5.54. The second kappa shape index (κ2) is 6.22. The molecule has 1 unspecified atom stereocenters. The molecule has 0 bridgehead atoms. The quantitative estimate of drug-likeness (QED) is 0.640. The second-order valence-corrected chi connectivity index (χ2v) is 5.95. The third-order valence-corrected chi connectivity index (χ3v) is 4.82. The van der Waals surface area contributed by atoms with Gasteiger partial charge in [0.2, 0.25) is 0 Å². The first-order chi connectivity index (χ1) is 9.86. The summed E-state index contributed by atoms with van der Waals surface area (Å²) in [6.45, 7) is 5.46. The van der Waals surface area contributed by atoms with Crippen LogP contribution in [0.5, 0.6) is 0 Å². The van der Waals surface area contributed by atoms with E-state index in [0.717, 1.165) is 21.2 Å². The van der Waals surface area contributed by atoms with Crippen molar-refractivity contribution in [2.45, 2.75) is 26.8 Å². The van der Waals surface area contributed by atoms with Crippen LogP contribution in [0.1, 0.15) is 33.9 Å². The van der Waals surface area contributed by atoms with E-state index >= 15 is 0 Å². The predicted octanol–water partition coefficient (Wildman–Crippen LogP) is 4.21. The van der Waals surface area contributed by atoms with Crippen molar-refractivity contribution in [3.8, 4) is 0 Å². The number of hydrazine groups is 1. The minimum absolute atomic E-state index is 0.0568. The molecule has 2 rings (SSSR count). The Morgan fingerprint density at radius 2 is 1.62 bits per heavy atom. The van der Waals surface area contributed by atoms with Crippen LogP contribution in [0.2, 0.25) is 0 Å². The highest BCUT2D eigenvalue weighted by molar-refractivity contribution is 9.10. The maximum absolute atomic E-state index is 14.3. The monoisotopic (exact) mass is 354 g/mol. The first-order valence-corrected chi connectivity index (χ1v) is 7.33. The van der Waals surface area contributed by atoms with E-state index in [0.29, 0.717) is 5.56 Å². The molecule has 0 aliphatic carbocycles. The Bertz CT molecular complexity index is 663. The summed E-state index contributed by atoms with van der Waals surface area (Å²) in [6.07, 6.45) is 0. The average molecular weight is 355 g/mol. The standard InChI is InChI=1S/C16H17BrF2N2/c1-8-4-5-12(18)13(15(8)19)16(21-20)11-6-9(2)14(17)10(3)7-11/h4-7,16,21H,20H2,1-3H3. The fourth-order valence-electron chi connectivity index (χ4n) is 2.44. The lowest BCUT2D eigenvalue weighted by Crippen LogP contribution is -2.30. The summed E-state index contributed by atoms with van der Waals surface area (Å²) in [7, 11) is 0. The van der Waals surface area contributed by atoms with Gasteiger partial charge in [0.15, 0.2) is 0 Å². The summed E-state index contributed by atoms with van der Waals surface area (Å²) < 4.78 is 29.4. The van der Waals surface area contributed by atoms with Crippen LogP contribution in [-0.4, -0.2) is 0 Å². The topological polar surface area (TPSA) is 38.0 Å². The molecule has 0 aromatic heterocycles. The summed E-state index contributed by atoms with van der Waals surface area (Å²) in [6, 6.07) is 5.66. The molecule has 0 saturated heterocycles. The molecule has 0 fully saturated rings. The Balaban J connectivity index is 2.63. The largest absolute Gasteiger partial charge is 0.271 e. The maximum Gasteiger partial charge on any atom is 0.134 e. The predicted molar refractivity (Wildman–Crippen MR) is 83.9 cm³/mol. The van der Waals surface area contributed by atoms with Crippen molar-refractivity contribution >= 4 is 15.9 Å². The van der Waals surface area contributed by atoms with E-state index in [1.807, 2.05) is 26.0 Å². The molecule has 0 spiro atoms. The number of rotatable bonds is 3. The van der Waals surface area contributed by atoms with E-state index < -0.39 is 17.7 Å². The van der Waals surface area contributed by atoms with E-state index in [4.69, 9.17) is 5.84 Å². The summed E-state index contributed by atoms with van der Waals surface area (Å²) in [4.78, 5) is 0. The number of hydrogen-bond acceptors (Lipinski definition) is 2. The van der Waals surface area contributed by atoms with Gasteiger partial charge in [0.05, 0.1) is 6.04 Å². The van der Waals surface area contributed by atoms with Crippen LogP contribution < -0.4 is 11.3 Å². The SMILES string of the molecule is Cc1ccc(F)c(C(NN)c2cc(C)c(Br)c(C)c2)c1F. The minimum atomic E-state index is -0.740. The Hall–Kier alpha value is -1.30. The normalized spacial score (nSPS) is 12.5. The molecule has 3 N–H and O–H groups in total. The molecule has 2 aromatic carbocycles. The van der Waals surface area contributed by atoms with Crippen molar-refractivity contribution in [3.63, 3.8) is 0 Å². The highest BCUT2D eigenvalue weighted by Gasteiger charge is 2.23. The second-order valence-electron chi connectivity index (χ2n) is 5.16. The van der Waals surface area contributed by atoms with Crippen molar-refractivity contribution in [2.24, 2.45) is 5.84 Å². The van der Waals surface area contributed by atoms with Crippen LogP contribution in [0.4, 0.5) is 8.78 Å². The molecule has 0 aliphatic heterocycles. The van der Waals surface area contributed by atoms with Gasteiger partial charge in [-0.2, -0.15) is 0 Å². The first-order valence-electron chi connectivity index (χ1n) is 6.54. The minimum Gasteiger partial charge on any atom is -0.271 e. The number of nitrogens with one attached hydrogen (secondary N) is 1. The summed E-state index contributed by atoms with van der Waals surface area (Å²) in [5, 5.41) is 0. The molecular formula is C16H17BrF2N2. The van der Waals surface area contributed by atoms with Gasteiger partial charge < -0.3 is 0 Å². The zero-order chi connectivity index (χ0) is 15.7. The number of nitrogens with two attached hydrogens (primary N) is 1. The van der Waals surface area contributed by atoms with Gasteiger partial charge in [0.25, 0.3) is 0 Å². The molecular weight excluding hydrogens is 338 g/mol. The fraction of sp³-hybridized carbons (Fsp3) is 0.250. The third kappa shape index (κ3) is 3.00. The van der Waals surface area contributed by atoms with Gasteiger partial charge >= 0.3 is 0 Å². The van der Waals surface area contributed by atoms with Gasteiger partial charge in [-0.05, 0) is 49.1 Å². The lowest BCUT2D eigenvalue weighted by molar-refractivity contribution is 0.506. The van der Waals surface area contributed by atoms with Gasteiger partial charge in [-0.15, -0.1) is 0 Å². The average Bonchev–Trinajstić information content (AvgIpc) is 2.44. The van der Waals surface area contributed by atoms with Crippen LogP contribution in [0.3, 0.4) is 0 Å². The van der Waals surface area contributed by atoms with Gasteiger partial charge in [-0.3, -0.25) is 5.84 Å². The Kier molecular flexibility index (Phi) is 4.76. The number of aryl methyl sites for hydroxylation is 3. The van der Waals surface area contributed by atoms with Crippen LogP contribution >= 0.6 is 15.9 Å². The molecule has 2 nitrogen and oxygen atoms in total. The smallest absolute Gasteiger partial charge is 0.134 e. The number of halogens is 3. The zero-order valence-electron chi connectivity index (χ0n) is 12.1. The van der Waals surface area contributed by atoms with Gasteiger partial charge in [0, 0.05) is 10.0 Å². The summed E-state index contributed by atoms with van der Waals surface area (Å²) in [5.74, 6) is 4.38. The van der Waals surface area contributed by atoms with Gasteiger partial charge in [0.1, 0.15) is 11.6 Å². The fourth-order valence-corrected chi connectivity index (χ4v) is 2.66. The first kappa shape index (κ1) is 16.1. The van der Waals surface area contributed by atoms with Crippen molar-refractivity contribution in [1.82, 2.24) is 5.43 Å². The zero-order valence-corrected chi connectivity index (χ0v) is 13.7. The van der Waals surface area contributed by atoms with Crippen molar-refractivity contribution in [2.75, 3.05) is 0 Å². The maximum atomic E-state index is 14.3. The molecule has 0 heterocycles. The van der Waals surface area contributed by atoms with E-state index in [2.05, 4.69) is 21.4 Å². The van der Waals surface area contributed by atoms with Crippen molar-refractivity contribution in [1.29, 1.82) is 0 Å². The molecule has 112 valence electrons. The molecule has 0 saturated carbocycles. The van der Waals surface area contributed by atoms with Crippen LogP contribution in [0.25, 0.3) is 0 Å². The lowest BCUT2D eigenvalue weighted by Gasteiger charge is -2.21. The van der Waals surface area contributed by atoms with E-state index in [1.165, 1.54) is 12.1 Å².